The van der Waals surface area contributed by atoms with E-state index in [1.165, 1.54) is 51.4 Å². The summed E-state index contributed by atoms with van der Waals surface area (Å²) in [5.74, 6) is -1.15. The number of allylic oxidation sites excluding steroid dienone is 8. The van der Waals surface area contributed by atoms with E-state index in [4.69, 9.17) is 18.5 Å². The number of carbonyl (C=O) groups is 2. The largest absolute Gasteiger partial charge is 0.472 e. The molecule has 1 aliphatic rings. The highest BCUT2D eigenvalue weighted by Crippen LogP contribution is 2.47. The van der Waals surface area contributed by atoms with Crippen LogP contribution in [0.5, 0.6) is 0 Å². The smallest absolute Gasteiger partial charge is 0.462 e. The summed E-state index contributed by atoms with van der Waals surface area (Å²) in [7, 11) is -5.13. The third-order valence-electron chi connectivity index (χ3n) is 10.1. The fourth-order valence-electron chi connectivity index (χ4n) is 6.46. The van der Waals surface area contributed by atoms with Gasteiger partial charge in [-0.1, -0.05) is 127 Å². The summed E-state index contributed by atoms with van der Waals surface area (Å²) < 4.78 is 33.4. The molecule has 0 bridgehead atoms. The van der Waals surface area contributed by atoms with Crippen LogP contribution >= 0.6 is 7.82 Å². The molecular weight excluding hydrogens is 779 g/mol. The van der Waals surface area contributed by atoms with Crippen LogP contribution in [-0.2, 0) is 32.7 Å². The molecule has 1 aliphatic carbocycles. The molecule has 0 amide bonds. The summed E-state index contributed by atoms with van der Waals surface area (Å²) in [4.78, 5) is 35.6. The van der Waals surface area contributed by atoms with Crippen molar-refractivity contribution < 1.29 is 63.1 Å². The number of hydrogen-bond acceptors (Lipinski definition) is 12. The Bertz CT molecular complexity index is 1220. The van der Waals surface area contributed by atoms with Gasteiger partial charge in [-0.25, -0.2) is 4.57 Å². The lowest BCUT2D eigenvalue weighted by Crippen LogP contribution is -2.64. The molecule has 0 saturated heterocycles. The minimum Gasteiger partial charge on any atom is -0.462 e. The van der Waals surface area contributed by atoms with E-state index in [-0.39, 0.29) is 12.8 Å². The van der Waals surface area contributed by atoms with Gasteiger partial charge in [0.05, 0.1) is 6.61 Å². The van der Waals surface area contributed by atoms with E-state index in [0.29, 0.717) is 12.8 Å². The monoisotopic (exact) mass is 859 g/mol. The lowest BCUT2D eigenvalue weighted by atomic mass is 9.85. The lowest BCUT2D eigenvalue weighted by Gasteiger charge is -2.41. The maximum atomic E-state index is 12.8. The maximum Gasteiger partial charge on any atom is 0.472 e. The Morgan fingerprint density at radius 2 is 0.915 bits per heavy atom. The van der Waals surface area contributed by atoms with Gasteiger partial charge >= 0.3 is 19.8 Å². The van der Waals surface area contributed by atoms with Crippen molar-refractivity contribution >= 4 is 19.8 Å². The standard InChI is InChI=1S/C45H79O13P/c1-3-5-7-9-11-13-15-17-19-21-23-25-27-29-31-33-38(46)55-35-37(36-56-59(53,54)58-45-43(51)41(49)40(48)42(50)44(45)52)57-39(47)34-32-30-28-26-24-22-20-18-16-14-12-10-8-6-4-2/h11,13-14,16-17,19,23,25,37,40-45,48-52H,3-10,12,15,18,20-22,24,26-36H2,1-2H3,(H,53,54)/b13-11+,16-14+,19-17+,25-23+/t37-,40?,41-,42?,43?,44?,45?/m1/s1. The Morgan fingerprint density at radius 1 is 0.525 bits per heavy atom. The van der Waals surface area contributed by atoms with E-state index in [9.17, 15) is 44.6 Å². The fourth-order valence-corrected chi connectivity index (χ4v) is 7.44. The Balaban J connectivity index is 2.51. The van der Waals surface area contributed by atoms with E-state index in [1.807, 2.05) is 0 Å². The SMILES string of the molecule is CCCCC/C=C/C/C=C/C/C=C/CCCCC(=O)OC[C@H](COP(=O)(O)OC1C(O)C(O)C(O)[C@@H](O)C1O)OC(=O)CCCCCCCCC/C=C/CCCCCC. The Hall–Kier alpha value is -2.19. The highest BCUT2D eigenvalue weighted by molar-refractivity contribution is 7.47. The summed E-state index contributed by atoms with van der Waals surface area (Å²) in [5, 5.41) is 50.1. The van der Waals surface area contributed by atoms with Gasteiger partial charge < -0.3 is 39.9 Å². The zero-order chi connectivity index (χ0) is 43.6. The van der Waals surface area contributed by atoms with Crippen molar-refractivity contribution in [3.63, 3.8) is 0 Å². The van der Waals surface area contributed by atoms with Crippen LogP contribution in [0.4, 0.5) is 0 Å². The van der Waals surface area contributed by atoms with E-state index in [0.717, 1.165) is 77.0 Å². The molecule has 342 valence electrons. The molecular formula is C45H79O13P. The van der Waals surface area contributed by atoms with E-state index in [2.05, 4.69) is 62.5 Å². The maximum absolute atomic E-state index is 12.8. The van der Waals surface area contributed by atoms with Gasteiger partial charge in [-0.15, -0.1) is 0 Å². The molecule has 0 aliphatic heterocycles. The van der Waals surface area contributed by atoms with Crippen molar-refractivity contribution in [2.75, 3.05) is 13.2 Å². The number of carbonyl (C=O) groups excluding carboxylic acids is 2. The van der Waals surface area contributed by atoms with Gasteiger partial charge in [0.15, 0.2) is 6.10 Å². The number of aliphatic hydroxyl groups excluding tert-OH is 5. The Kier molecular flexibility index (Phi) is 32.9. The number of unbranched alkanes of at least 4 members (excludes halogenated alkanes) is 16. The quantitative estimate of drug-likeness (QED) is 0.0152. The normalized spacial score (nSPS) is 22.8. The topological polar surface area (TPSA) is 210 Å². The first-order valence-electron chi connectivity index (χ1n) is 22.4. The van der Waals surface area contributed by atoms with Gasteiger partial charge in [0.25, 0.3) is 0 Å². The number of rotatable bonds is 36. The number of phosphoric ester groups is 1. The predicted molar refractivity (Wildman–Crippen MR) is 230 cm³/mol. The van der Waals surface area contributed by atoms with Crippen molar-refractivity contribution in [1.29, 1.82) is 0 Å². The van der Waals surface area contributed by atoms with Crippen LogP contribution in [0, 0.1) is 0 Å². The molecule has 14 heteroatoms. The van der Waals surface area contributed by atoms with Crippen molar-refractivity contribution in [2.24, 2.45) is 0 Å². The van der Waals surface area contributed by atoms with Crippen LogP contribution in [0.25, 0.3) is 0 Å². The van der Waals surface area contributed by atoms with Crippen LogP contribution in [0.3, 0.4) is 0 Å². The fraction of sp³-hybridized carbons (Fsp3) is 0.778. The predicted octanol–water partition coefficient (Wildman–Crippen LogP) is 8.39. The summed E-state index contributed by atoms with van der Waals surface area (Å²) in [6.45, 7) is 3.21. The van der Waals surface area contributed by atoms with Crippen LogP contribution in [0.15, 0.2) is 48.6 Å². The summed E-state index contributed by atoms with van der Waals surface area (Å²) in [6.07, 6.45) is 27.4. The lowest BCUT2D eigenvalue weighted by molar-refractivity contribution is -0.220. The first kappa shape index (κ1) is 54.8. The molecule has 0 heterocycles. The number of esters is 2. The zero-order valence-electron chi connectivity index (χ0n) is 36.0. The molecule has 6 unspecified atom stereocenters. The van der Waals surface area contributed by atoms with E-state index >= 15 is 0 Å². The minimum atomic E-state index is -5.13. The van der Waals surface area contributed by atoms with Crippen LogP contribution in [0.1, 0.15) is 168 Å². The number of aliphatic hydroxyl groups is 5. The van der Waals surface area contributed by atoms with Crippen molar-refractivity contribution in [3.05, 3.63) is 48.6 Å². The molecule has 0 aromatic heterocycles. The highest BCUT2D eigenvalue weighted by Gasteiger charge is 2.51. The minimum absolute atomic E-state index is 0.0822. The van der Waals surface area contributed by atoms with E-state index < -0.39 is 75.7 Å². The van der Waals surface area contributed by atoms with Gasteiger partial charge in [0.2, 0.25) is 0 Å². The van der Waals surface area contributed by atoms with Crippen LogP contribution < -0.4 is 0 Å². The van der Waals surface area contributed by atoms with Gasteiger partial charge in [0, 0.05) is 12.8 Å². The second-order valence-electron chi connectivity index (χ2n) is 15.5. The first-order valence-corrected chi connectivity index (χ1v) is 23.9. The number of phosphoric acid groups is 1. The first-order chi connectivity index (χ1) is 28.4. The molecule has 0 aromatic carbocycles. The Labute approximate surface area is 354 Å². The van der Waals surface area contributed by atoms with Crippen LogP contribution in [0.2, 0.25) is 0 Å². The Morgan fingerprint density at radius 3 is 1.47 bits per heavy atom. The summed E-state index contributed by atoms with van der Waals surface area (Å²) >= 11 is 0. The third-order valence-corrected chi connectivity index (χ3v) is 11.1. The van der Waals surface area contributed by atoms with Crippen molar-refractivity contribution in [2.45, 2.75) is 211 Å². The van der Waals surface area contributed by atoms with Gasteiger partial charge in [0.1, 0.15) is 43.2 Å². The molecule has 59 heavy (non-hydrogen) atoms. The molecule has 1 saturated carbocycles. The zero-order valence-corrected chi connectivity index (χ0v) is 36.9. The van der Waals surface area contributed by atoms with Gasteiger partial charge in [-0.2, -0.15) is 0 Å². The highest BCUT2D eigenvalue weighted by atomic mass is 31.2. The van der Waals surface area contributed by atoms with Gasteiger partial charge in [-0.05, 0) is 77.0 Å². The number of hydrogen-bond donors (Lipinski definition) is 6. The third kappa shape index (κ3) is 28.1. The van der Waals surface area contributed by atoms with E-state index in [1.54, 1.807) is 0 Å². The van der Waals surface area contributed by atoms with Crippen molar-refractivity contribution in [1.82, 2.24) is 0 Å². The number of ether oxygens (including phenoxy) is 2. The molecule has 1 rings (SSSR count). The van der Waals surface area contributed by atoms with Crippen LogP contribution in [-0.4, -0.2) is 98.3 Å². The van der Waals surface area contributed by atoms with Gasteiger partial charge in [-0.3, -0.25) is 18.6 Å². The average molecular weight is 859 g/mol. The molecule has 0 spiro atoms. The average Bonchev–Trinajstić information content (AvgIpc) is 3.21. The second-order valence-corrected chi connectivity index (χ2v) is 16.9. The summed E-state index contributed by atoms with van der Waals surface area (Å²) in [5.41, 5.74) is 0. The molecule has 8 atom stereocenters. The summed E-state index contributed by atoms with van der Waals surface area (Å²) in [6, 6.07) is 0. The molecule has 0 radical (unpaired) electrons. The molecule has 6 N–H and O–H groups in total. The molecule has 13 nitrogen and oxygen atoms in total. The molecule has 0 aromatic rings. The second kappa shape index (κ2) is 35.4. The molecule has 1 fully saturated rings. The van der Waals surface area contributed by atoms with Crippen molar-refractivity contribution in [3.8, 4) is 0 Å².